The largest absolute Gasteiger partial charge is 0.315 e. The first-order chi connectivity index (χ1) is 10.6. The van der Waals surface area contributed by atoms with Crippen LogP contribution in [0.15, 0.2) is 17.8 Å². The van der Waals surface area contributed by atoms with Crippen LogP contribution in [0.25, 0.3) is 0 Å². The predicted molar refractivity (Wildman–Crippen MR) is 90.8 cm³/mol. The number of anilines is 2. The summed E-state index contributed by atoms with van der Waals surface area (Å²) in [6.45, 7) is 8.76. The first-order valence-electron chi connectivity index (χ1n) is 7.87. The normalized spacial score (nSPS) is 19.5. The van der Waals surface area contributed by atoms with E-state index in [4.69, 9.17) is 0 Å². The molecular formula is C16H23N5S. The smallest absolute Gasteiger partial charge is 0.188 e. The van der Waals surface area contributed by atoms with Crippen molar-refractivity contribution in [3.8, 4) is 0 Å². The number of nitrogens with one attached hydrogen (secondary N) is 1. The minimum absolute atomic E-state index is 0.438. The molecule has 6 heteroatoms. The van der Waals surface area contributed by atoms with Gasteiger partial charge in [0.1, 0.15) is 0 Å². The maximum atomic E-state index is 4.62. The molecule has 1 N–H and O–H groups in total. The molecule has 0 bridgehead atoms. The third kappa shape index (κ3) is 3.44. The van der Waals surface area contributed by atoms with Crippen LogP contribution in [-0.2, 0) is 0 Å². The van der Waals surface area contributed by atoms with E-state index in [-0.39, 0.29) is 0 Å². The van der Waals surface area contributed by atoms with Gasteiger partial charge in [-0.05, 0) is 40.2 Å². The van der Waals surface area contributed by atoms with Crippen molar-refractivity contribution < 1.29 is 0 Å². The molecule has 2 aromatic heterocycles. The number of hydrogen-bond donors (Lipinski definition) is 1. The Labute approximate surface area is 135 Å². The number of aryl methyl sites for hydroxylation is 1. The average Bonchev–Trinajstić information content (AvgIpc) is 2.93. The topological polar surface area (TPSA) is 53.9 Å². The molecule has 0 aliphatic carbocycles. The van der Waals surface area contributed by atoms with Crippen molar-refractivity contribution in [3.05, 3.63) is 29.2 Å². The number of likely N-dealkylation sites (tertiary alicyclic amines) is 1. The summed E-state index contributed by atoms with van der Waals surface area (Å²) in [6.07, 6.45) is 5.93. The zero-order chi connectivity index (χ0) is 15.5. The Hall–Kier alpha value is -1.53. The van der Waals surface area contributed by atoms with Crippen LogP contribution in [0.2, 0.25) is 0 Å². The molecule has 0 amide bonds. The lowest BCUT2D eigenvalue weighted by Gasteiger charge is -2.35. The summed E-state index contributed by atoms with van der Waals surface area (Å²) in [5, 5.41) is 6.28. The van der Waals surface area contributed by atoms with Crippen LogP contribution in [-0.4, -0.2) is 39.0 Å². The highest BCUT2D eigenvalue weighted by Gasteiger charge is 2.26. The summed E-state index contributed by atoms with van der Waals surface area (Å²) in [7, 11) is 0. The molecular weight excluding hydrogens is 294 g/mol. The molecule has 2 aromatic rings. The van der Waals surface area contributed by atoms with Crippen LogP contribution in [0, 0.1) is 6.92 Å². The lowest BCUT2D eigenvalue weighted by Crippen LogP contribution is -2.39. The SMILES string of the molecule is Cc1csc(Nc2nccnc2C2CCCN(C(C)C)C2)n1. The minimum atomic E-state index is 0.438. The van der Waals surface area contributed by atoms with E-state index in [1.807, 2.05) is 12.3 Å². The quantitative estimate of drug-likeness (QED) is 0.934. The summed E-state index contributed by atoms with van der Waals surface area (Å²) in [5.74, 6) is 1.29. The highest BCUT2D eigenvalue weighted by Crippen LogP contribution is 2.31. The Morgan fingerprint density at radius 1 is 1.32 bits per heavy atom. The van der Waals surface area contributed by atoms with E-state index in [1.54, 1.807) is 23.7 Å². The summed E-state index contributed by atoms with van der Waals surface area (Å²) in [6, 6.07) is 0.581. The van der Waals surface area contributed by atoms with E-state index < -0.39 is 0 Å². The molecule has 0 saturated carbocycles. The number of hydrogen-bond acceptors (Lipinski definition) is 6. The second-order valence-corrected chi connectivity index (χ2v) is 7.00. The van der Waals surface area contributed by atoms with E-state index in [9.17, 15) is 0 Å². The first kappa shape index (κ1) is 15.4. The van der Waals surface area contributed by atoms with Crippen molar-refractivity contribution in [3.63, 3.8) is 0 Å². The number of nitrogens with zero attached hydrogens (tertiary/aromatic N) is 4. The van der Waals surface area contributed by atoms with Gasteiger partial charge in [0, 0.05) is 36.3 Å². The standard InChI is InChI=1S/C16H23N5S/c1-11(2)21-8-4-5-13(9-21)14-15(18-7-6-17-14)20-16-19-12(3)10-22-16/h6-7,10-11,13H,4-5,8-9H2,1-3H3,(H,18,19,20). The lowest BCUT2D eigenvalue weighted by molar-refractivity contribution is 0.166. The monoisotopic (exact) mass is 317 g/mol. The second kappa shape index (κ2) is 6.71. The number of aromatic nitrogens is 3. The molecule has 1 aliphatic rings. The number of rotatable bonds is 4. The average molecular weight is 317 g/mol. The Morgan fingerprint density at radius 3 is 2.86 bits per heavy atom. The van der Waals surface area contributed by atoms with Crippen LogP contribution < -0.4 is 5.32 Å². The molecule has 0 spiro atoms. The Bertz CT molecular complexity index is 625. The van der Waals surface area contributed by atoms with Gasteiger partial charge in [-0.1, -0.05) is 0 Å². The third-order valence-corrected chi connectivity index (χ3v) is 5.02. The summed E-state index contributed by atoms with van der Waals surface area (Å²) in [5.41, 5.74) is 2.10. The molecule has 0 aromatic carbocycles. The highest BCUT2D eigenvalue weighted by molar-refractivity contribution is 7.13. The zero-order valence-electron chi connectivity index (χ0n) is 13.4. The van der Waals surface area contributed by atoms with Gasteiger partial charge >= 0.3 is 0 Å². The Balaban J connectivity index is 1.81. The molecule has 1 fully saturated rings. The molecule has 0 radical (unpaired) electrons. The van der Waals surface area contributed by atoms with Gasteiger partial charge in [0.15, 0.2) is 10.9 Å². The highest BCUT2D eigenvalue weighted by atomic mass is 32.1. The molecule has 1 unspecified atom stereocenters. The summed E-state index contributed by atoms with van der Waals surface area (Å²) < 4.78 is 0. The van der Waals surface area contributed by atoms with Gasteiger partial charge in [0.2, 0.25) is 0 Å². The fourth-order valence-electron chi connectivity index (χ4n) is 2.96. The maximum absolute atomic E-state index is 4.62. The van der Waals surface area contributed by atoms with Crippen molar-refractivity contribution >= 4 is 22.3 Å². The van der Waals surface area contributed by atoms with Crippen molar-refractivity contribution in [2.45, 2.75) is 45.6 Å². The number of thiazole rings is 1. The maximum Gasteiger partial charge on any atom is 0.188 e. The molecule has 1 atom stereocenters. The second-order valence-electron chi connectivity index (χ2n) is 6.14. The molecule has 118 valence electrons. The van der Waals surface area contributed by atoms with Crippen LogP contribution in [0.5, 0.6) is 0 Å². The van der Waals surface area contributed by atoms with Gasteiger partial charge in [-0.3, -0.25) is 4.98 Å². The van der Waals surface area contributed by atoms with Crippen LogP contribution >= 0.6 is 11.3 Å². The van der Waals surface area contributed by atoms with Crippen LogP contribution in [0.3, 0.4) is 0 Å². The van der Waals surface area contributed by atoms with E-state index in [0.717, 1.165) is 28.9 Å². The van der Waals surface area contributed by atoms with Crippen LogP contribution in [0.4, 0.5) is 10.9 Å². The molecule has 3 rings (SSSR count). The van der Waals surface area contributed by atoms with Gasteiger partial charge in [-0.15, -0.1) is 11.3 Å². The van der Waals surface area contributed by atoms with E-state index in [1.165, 1.54) is 19.4 Å². The minimum Gasteiger partial charge on any atom is -0.315 e. The van der Waals surface area contributed by atoms with E-state index >= 15 is 0 Å². The van der Waals surface area contributed by atoms with Crippen molar-refractivity contribution in [1.29, 1.82) is 0 Å². The van der Waals surface area contributed by atoms with Gasteiger partial charge < -0.3 is 10.2 Å². The van der Waals surface area contributed by atoms with Crippen LogP contribution in [0.1, 0.15) is 44.0 Å². The van der Waals surface area contributed by atoms with E-state index in [2.05, 4.69) is 39.0 Å². The van der Waals surface area contributed by atoms with Crippen molar-refractivity contribution in [2.75, 3.05) is 18.4 Å². The third-order valence-electron chi connectivity index (χ3n) is 4.14. The Morgan fingerprint density at radius 2 is 2.14 bits per heavy atom. The number of piperidine rings is 1. The summed E-state index contributed by atoms with van der Waals surface area (Å²) >= 11 is 1.60. The molecule has 3 heterocycles. The molecule has 1 aliphatic heterocycles. The zero-order valence-corrected chi connectivity index (χ0v) is 14.2. The fraction of sp³-hybridized carbons (Fsp3) is 0.562. The predicted octanol–water partition coefficient (Wildman–Crippen LogP) is 3.57. The molecule has 22 heavy (non-hydrogen) atoms. The van der Waals surface area contributed by atoms with Gasteiger partial charge in [0.05, 0.1) is 11.4 Å². The van der Waals surface area contributed by atoms with E-state index in [0.29, 0.717) is 12.0 Å². The lowest BCUT2D eigenvalue weighted by atomic mass is 9.93. The Kier molecular flexibility index (Phi) is 4.69. The molecule has 1 saturated heterocycles. The van der Waals surface area contributed by atoms with Crippen molar-refractivity contribution in [1.82, 2.24) is 19.9 Å². The first-order valence-corrected chi connectivity index (χ1v) is 8.75. The summed E-state index contributed by atoms with van der Waals surface area (Å²) in [4.78, 5) is 16.1. The van der Waals surface area contributed by atoms with Gasteiger partial charge in [-0.25, -0.2) is 9.97 Å². The van der Waals surface area contributed by atoms with Crippen molar-refractivity contribution in [2.24, 2.45) is 0 Å². The van der Waals surface area contributed by atoms with Gasteiger partial charge in [-0.2, -0.15) is 0 Å². The fourth-order valence-corrected chi connectivity index (χ4v) is 3.64. The van der Waals surface area contributed by atoms with Gasteiger partial charge in [0.25, 0.3) is 0 Å². The molecule has 5 nitrogen and oxygen atoms in total.